The normalized spacial score (nSPS) is 9.74. The molecule has 19 heavy (non-hydrogen) atoms. The monoisotopic (exact) mass is 255 g/mol. The average Bonchev–Trinajstić information content (AvgIpc) is 2.83. The smallest absolute Gasteiger partial charge is 0.240 e. The molecule has 0 N–H and O–H groups in total. The van der Waals surface area contributed by atoms with Crippen LogP contribution in [0, 0.1) is 0 Å². The molecule has 2 rings (SSSR count). The van der Waals surface area contributed by atoms with Crippen molar-refractivity contribution in [1.29, 1.82) is 0 Å². The summed E-state index contributed by atoms with van der Waals surface area (Å²) in [4.78, 5) is 14.1. The first-order chi connectivity index (χ1) is 9.24. The van der Waals surface area contributed by atoms with Gasteiger partial charge in [-0.05, 0) is 11.6 Å². The first-order valence-corrected chi connectivity index (χ1v) is 5.69. The molecule has 0 bridgehead atoms. The quantitative estimate of drug-likeness (QED) is 0.609. The second-order valence-electron chi connectivity index (χ2n) is 3.87. The topological polar surface area (TPSA) is 56.5 Å². The van der Waals surface area contributed by atoms with Crippen molar-refractivity contribution in [2.75, 3.05) is 0 Å². The molecule has 5 heteroatoms. The van der Waals surface area contributed by atoms with Crippen LogP contribution in [0.4, 0.5) is 5.69 Å². The van der Waals surface area contributed by atoms with Gasteiger partial charge in [-0.2, -0.15) is 4.99 Å². The molecule has 5 nitrogen and oxygen atoms in total. The van der Waals surface area contributed by atoms with Crippen LogP contribution < -0.4 is 4.74 Å². The first kappa shape index (κ1) is 12.8. The summed E-state index contributed by atoms with van der Waals surface area (Å²) in [6, 6.07) is 7.18. The molecule has 0 atom stereocenters. The largest absolute Gasteiger partial charge is 0.472 e. The van der Waals surface area contributed by atoms with Crippen LogP contribution in [0.15, 0.2) is 42.0 Å². The van der Waals surface area contributed by atoms with E-state index >= 15 is 0 Å². The van der Waals surface area contributed by atoms with Gasteiger partial charge in [0.25, 0.3) is 0 Å². The molecule has 0 spiro atoms. The fraction of sp³-hybridized carbons (Fsp3) is 0.143. The van der Waals surface area contributed by atoms with Gasteiger partial charge in [0, 0.05) is 24.9 Å². The molecule has 0 amide bonds. The Morgan fingerprint density at radius 3 is 3.00 bits per heavy atom. The number of isocyanates is 1. The lowest BCUT2D eigenvalue weighted by Crippen LogP contribution is -1.99. The summed E-state index contributed by atoms with van der Waals surface area (Å²) in [6.45, 7) is 4.00. The maximum atomic E-state index is 10.4. The second kappa shape index (κ2) is 5.80. The molecule has 0 radical (unpaired) electrons. The van der Waals surface area contributed by atoms with Gasteiger partial charge in [-0.3, -0.25) is 4.68 Å². The minimum absolute atomic E-state index is 0.264. The number of rotatable bonds is 5. The van der Waals surface area contributed by atoms with Gasteiger partial charge < -0.3 is 4.74 Å². The van der Waals surface area contributed by atoms with Gasteiger partial charge in [-0.15, -0.1) is 5.10 Å². The summed E-state index contributed by atoms with van der Waals surface area (Å²) in [5.41, 5.74) is 2.18. The Morgan fingerprint density at radius 1 is 1.53 bits per heavy atom. The first-order valence-electron chi connectivity index (χ1n) is 5.69. The van der Waals surface area contributed by atoms with Gasteiger partial charge in [0.05, 0.1) is 5.69 Å². The molecule has 96 valence electrons. The van der Waals surface area contributed by atoms with Crippen LogP contribution in [0.25, 0.3) is 6.08 Å². The number of carbonyl (C=O) groups excluding carboxylic acids is 1. The lowest BCUT2D eigenvalue weighted by molar-refractivity contribution is 0.291. The molecule has 0 saturated carbocycles. The zero-order chi connectivity index (χ0) is 13.7. The van der Waals surface area contributed by atoms with Crippen molar-refractivity contribution in [2.45, 2.75) is 6.61 Å². The molecule has 0 saturated heterocycles. The van der Waals surface area contributed by atoms with Crippen molar-refractivity contribution in [3.63, 3.8) is 0 Å². The van der Waals surface area contributed by atoms with E-state index in [-0.39, 0.29) is 6.61 Å². The van der Waals surface area contributed by atoms with Crippen LogP contribution in [0.2, 0.25) is 0 Å². The highest BCUT2D eigenvalue weighted by molar-refractivity contribution is 5.63. The number of hydrogen-bond donors (Lipinski definition) is 0. The van der Waals surface area contributed by atoms with Crippen LogP contribution in [0.5, 0.6) is 5.88 Å². The fourth-order valence-electron chi connectivity index (χ4n) is 1.71. The molecule has 0 aliphatic carbocycles. The Balaban J connectivity index is 2.27. The van der Waals surface area contributed by atoms with Gasteiger partial charge in [0.2, 0.25) is 12.0 Å². The highest BCUT2D eigenvalue weighted by Crippen LogP contribution is 2.24. The van der Waals surface area contributed by atoms with E-state index in [1.165, 1.54) is 0 Å². The van der Waals surface area contributed by atoms with Gasteiger partial charge >= 0.3 is 0 Å². The second-order valence-corrected chi connectivity index (χ2v) is 3.87. The fourth-order valence-corrected chi connectivity index (χ4v) is 1.71. The lowest BCUT2D eigenvalue weighted by atomic mass is 10.1. The van der Waals surface area contributed by atoms with E-state index in [9.17, 15) is 4.79 Å². The zero-order valence-corrected chi connectivity index (χ0v) is 10.5. The van der Waals surface area contributed by atoms with Crippen molar-refractivity contribution in [2.24, 2.45) is 12.0 Å². The summed E-state index contributed by atoms with van der Waals surface area (Å²) in [7, 11) is 1.81. The molecule has 0 fully saturated rings. The van der Waals surface area contributed by atoms with E-state index < -0.39 is 0 Å². The van der Waals surface area contributed by atoms with Gasteiger partial charge in [0.15, 0.2) is 0 Å². The van der Waals surface area contributed by atoms with E-state index in [1.54, 1.807) is 41.2 Å². The number of ether oxygens (including phenoxy) is 1. The van der Waals surface area contributed by atoms with E-state index in [1.807, 2.05) is 13.1 Å². The van der Waals surface area contributed by atoms with Crippen LogP contribution in [-0.4, -0.2) is 15.9 Å². The highest BCUT2D eigenvalue weighted by Gasteiger charge is 2.08. The van der Waals surface area contributed by atoms with Gasteiger partial charge in [0.1, 0.15) is 6.61 Å². The number of nitrogens with zero attached hydrogens (tertiary/aromatic N) is 3. The maximum Gasteiger partial charge on any atom is 0.240 e. The van der Waals surface area contributed by atoms with E-state index in [4.69, 9.17) is 4.74 Å². The number of aliphatic imine (C=N–C) groups is 1. The van der Waals surface area contributed by atoms with Crippen molar-refractivity contribution >= 4 is 17.8 Å². The van der Waals surface area contributed by atoms with E-state index in [0.29, 0.717) is 11.6 Å². The summed E-state index contributed by atoms with van der Waals surface area (Å²) in [5.74, 6) is 0.516. The third-order valence-electron chi connectivity index (χ3n) is 2.63. The number of benzene rings is 1. The molecule has 0 aliphatic heterocycles. The zero-order valence-electron chi connectivity index (χ0n) is 10.5. The van der Waals surface area contributed by atoms with Crippen molar-refractivity contribution in [1.82, 2.24) is 9.78 Å². The lowest BCUT2D eigenvalue weighted by Gasteiger charge is -2.09. The predicted octanol–water partition coefficient (Wildman–Crippen LogP) is 2.61. The van der Waals surface area contributed by atoms with Crippen LogP contribution in [0.3, 0.4) is 0 Å². The Labute approximate surface area is 110 Å². The molecule has 0 unspecified atom stereocenters. The van der Waals surface area contributed by atoms with E-state index in [0.717, 1.165) is 11.1 Å². The average molecular weight is 255 g/mol. The summed E-state index contributed by atoms with van der Waals surface area (Å²) in [6.07, 6.45) is 5.03. The number of aromatic nitrogens is 2. The third kappa shape index (κ3) is 2.97. The highest BCUT2D eigenvalue weighted by atomic mass is 16.5. The minimum atomic E-state index is 0.264. The van der Waals surface area contributed by atoms with Crippen molar-refractivity contribution in [3.8, 4) is 5.88 Å². The standard InChI is InChI=1S/C14H13N3O2/c1-3-11-5-4-6-13(15-10-18)12(11)9-19-14-7-8-17(2)16-14/h3-8H,1,9H2,2H3. The van der Waals surface area contributed by atoms with Gasteiger partial charge in [-0.1, -0.05) is 24.8 Å². The summed E-state index contributed by atoms with van der Waals surface area (Å²) < 4.78 is 7.22. The molecule has 1 aromatic carbocycles. The molecule has 0 aliphatic rings. The summed E-state index contributed by atoms with van der Waals surface area (Å²) in [5, 5.41) is 4.12. The molecular formula is C14H13N3O2. The molecule has 2 aromatic rings. The predicted molar refractivity (Wildman–Crippen MR) is 71.9 cm³/mol. The number of hydrogen-bond acceptors (Lipinski definition) is 4. The summed E-state index contributed by atoms with van der Waals surface area (Å²) >= 11 is 0. The maximum absolute atomic E-state index is 10.4. The molecule has 1 aromatic heterocycles. The third-order valence-corrected chi connectivity index (χ3v) is 2.63. The van der Waals surface area contributed by atoms with Crippen molar-refractivity contribution in [3.05, 3.63) is 48.2 Å². The van der Waals surface area contributed by atoms with Crippen LogP contribution in [0.1, 0.15) is 11.1 Å². The Hall–Kier alpha value is -2.65. The minimum Gasteiger partial charge on any atom is -0.472 e. The molecular weight excluding hydrogens is 242 g/mol. The Morgan fingerprint density at radius 2 is 2.37 bits per heavy atom. The Bertz CT molecular complexity index is 640. The number of aryl methyl sites for hydroxylation is 1. The van der Waals surface area contributed by atoms with Crippen LogP contribution >= 0.6 is 0 Å². The van der Waals surface area contributed by atoms with E-state index in [2.05, 4.69) is 16.7 Å². The van der Waals surface area contributed by atoms with Crippen LogP contribution in [-0.2, 0) is 18.4 Å². The SMILES string of the molecule is C=Cc1cccc(N=C=O)c1COc1ccn(C)n1. The molecule has 1 heterocycles. The Kier molecular flexibility index (Phi) is 3.90. The van der Waals surface area contributed by atoms with Gasteiger partial charge in [-0.25, -0.2) is 4.79 Å². The van der Waals surface area contributed by atoms with Crippen molar-refractivity contribution < 1.29 is 9.53 Å².